The van der Waals surface area contributed by atoms with E-state index in [0.29, 0.717) is 18.3 Å². The minimum absolute atomic E-state index is 0.357. The summed E-state index contributed by atoms with van der Waals surface area (Å²) in [7, 11) is 0. The van der Waals surface area contributed by atoms with E-state index in [1.165, 1.54) is 5.69 Å². The number of aromatic nitrogens is 1. The Balaban J connectivity index is 2.58. The monoisotopic (exact) mass is 232 g/mol. The predicted molar refractivity (Wildman–Crippen MR) is 71.4 cm³/mol. The molecule has 0 aliphatic heterocycles. The van der Waals surface area contributed by atoms with Crippen LogP contribution >= 0.6 is 0 Å². The first-order valence-corrected chi connectivity index (χ1v) is 6.17. The summed E-state index contributed by atoms with van der Waals surface area (Å²) >= 11 is 0. The smallest absolute Gasteiger partial charge is 0.124 e. The van der Waals surface area contributed by atoms with Crippen molar-refractivity contribution in [3.8, 4) is 5.75 Å². The van der Waals surface area contributed by atoms with Crippen molar-refractivity contribution in [1.82, 2.24) is 4.57 Å². The number of phenolic OH excluding ortho intramolecular Hbond substituents is 1. The summed E-state index contributed by atoms with van der Waals surface area (Å²) in [6.45, 7) is 5.02. The Morgan fingerprint density at radius 2 is 2.12 bits per heavy atom. The highest BCUT2D eigenvalue weighted by Gasteiger charge is 2.12. The number of hydrogen-bond acceptors (Lipinski definition) is 2. The Kier molecular flexibility index (Phi) is 3.38. The van der Waals surface area contributed by atoms with E-state index in [4.69, 9.17) is 5.73 Å². The van der Waals surface area contributed by atoms with Crippen LogP contribution in [0.15, 0.2) is 24.3 Å². The number of nitrogens with zero attached hydrogens (tertiary/aromatic N) is 1. The van der Waals surface area contributed by atoms with Crippen LogP contribution < -0.4 is 5.73 Å². The van der Waals surface area contributed by atoms with E-state index in [2.05, 4.69) is 30.5 Å². The Labute approximate surface area is 102 Å². The highest BCUT2D eigenvalue weighted by molar-refractivity contribution is 5.87. The molecule has 0 bridgehead atoms. The SMILES string of the molecule is CC(C)n1c(CCCN)cc2c(O)cccc21. The molecule has 0 aliphatic carbocycles. The number of hydrogen-bond donors (Lipinski definition) is 2. The van der Waals surface area contributed by atoms with Gasteiger partial charge in [-0.2, -0.15) is 0 Å². The van der Waals surface area contributed by atoms with Gasteiger partial charge in [0.25, 0.3) is 0 Å². The molecule has 0 atom stereocenters. The molecule has 0 saturated heterocycles. The minimum Gasteiger partial charge on any atom is -0.507 e. The lowest BCUT2D eigenvalue weighted by atomic mass is 10.2. The van der Waals surface area contributed by atoms with E-state index in [9.17, 15) is 5.11 Å². The van der Waals surface area contributed by atoms with Gasteiger partial charge in [-0.15, -0.1) is 0 Å². The van der Waals surface area contributed by atoms with Gasteiger partial charge in [-0.05, 0) is 51.4 Å². The number of benzene rings is 1. The van der Waals surface area contributed by atoms with E-state index in [1.54, 1.807) is 6.07 Å². The van der Waals surface area contributed by atoms with Gasteiger partial charge < -0.3 is 15.4 Å². The van der Waals surface area contributed by atoms with Crippen LogP contribution in [0.5, 0.6) is 5.75 Å². The fraction of sp³-hybridized carbons (Fsp3) is 0.429. The number of rotatable bonds is 4. The summed E-state index contributed by atoms with van der Waals surface area (Å²) in [5.41, 5.74) is 7.92. The van der Waals surface area contributed by atoms with Gasteiger partial charge in [-0.1, -0.05) is 6.07 Å². The fourth-order valence-electron chi connectivity index (χ4n) is 2.38. The summed E-state index contributed by atoms with van der Waals surface area (Å²) in [4.78, 5) is 0. The van der Waals surface area contributed by atoms with E-state index in [1.807, 2.05) is 6.07 Å². The summed E-state index contributed by atoms with van der Waals surface area (Å²) in [6, 6.07) is 8.16. The number of aromatic hydroxyl groups is 1. The van der Waals surface area contributed by atoms with Gasteiger partial charge >= 0.3 is 0 Å². The number of nitrogens with two attached hydrogens (primary N) is 1. The zero-order valence-corrected chi connectivity index (χ0v) is 10.5. The van der Waals surface area contributed by atoms with Crippen molar-refractivity contribution in [1.29, 1.82) is 0 Å². The Hall–Kier alpha value is -1.48. The maximum atomic E-state index is 9.88. The van der Waals surface area contributed by atoms with Crippen molar-refractivity contribution in [3.63, 3.8) is 0 Å². The molecular weight excluding hydrogens is 212 g/mol. The third-order valence-corrected chi connectivity index (χ3v) is 3.09. The van der Waals surface area contributed by atoms with Crippen LogP contribution in [0.1, 0.15) is 32.0 Å². The molecule has 0 radical (unpaired) electrons. The molecule has 0 fully saturated rings. The van der Waals surface area contributed by atoms with Crippen molar-refractivity contribution in [2.75, 3.05) is 6.54 Å². The van der Waals surface area contributed by atoms with Gasteiger partial charge in [-0.25, -0.2) is 0 Å². The van der Waals surface area contributed by atoms with Crippen molar-refractivity contribution in [2.45, 2.75) is 32.7 Å². The van der Waals surface area contributed by atoms with Crippen LogP contribution in [0, 0.1) is 0 Å². The third kappa shape index (κ3) is 2.15. The largest absolute Gasteiger partial charge is 0.507 e. The van der Waals surface area contributed by atoms with Crippen LogP contribution in [-0.4, -0.2) is 16.2 Å². The molecule has 0 amide bonds. The molecule has 0 saturated carbocycles. The summed E-state index contributed by atoms with van der Waals surface area (Å²) in [5, 5.41) is 10.8. The predicted octanol–water partition coefficient (Wildman–Crippen LogP) is 2.82. The molecule has 0 unspecified atom stereocenters. The van der Waals surface area contributed by atoms with Crippen LogP contribution in [0.2, 0.25) is 0 Å². The lowest BCUT2D eigenvalue weighted by molar-refractivity contribution is 0.481. The number of fused-ring (bicyclic) bond motifs is 1. The average Bonchev–Trinajstić information content (AvgIpc) is 2.66. The van der Waals surface area contributed by atoms with Crippen molar-refractivity contribution < 1.29 is 5.11 Å². The fourth-order valence-corrected chi connectivity index (χ4v) is 2.38. The summed E-state index contributed by atoms with van der Waals surface area (Å²) in [6.07, 6.45) is 1.94. The summed E-state index contributed by atoms with van der Waals surface area (Å²) in [5.74, 6) is 0.357. The van der Waals surface area contributed by atoms with Crippen LogP contribution in [0.4, 0.5) is 0 Å². The van der Waals surface area contributed by atoms with Gasteiger partial charge in [-0.3, -0.25) is 0 Å². The maximum absolute atomic E-state index is 9.88. The van der Waals surface area contributed by atoms with Crippen LogP contribution in [0.25, 0.3) is 10.9 Å². The lowest BCUT2D eigenvalue weighted by Gasteiger charge is -2.14. The average molecular weight is 232 g/mol. The molecule has 1 heterocycles. The molecule has 1 aromatic carbocycles. The number of aryl methyl sites for hydroxylation is 1. The molecule has 3 nitrogen and oxygen atoms in total. The van der Waals surface area contributed by atoms with Gasteiger partial charge in [0.15, 0.2) is 0 Å². The molecule has 3 heteroatoms. The van der Waals surface area contributed by atoms with Crippen molar-refractivity contribution in [3.05, 3.63) is 30.0 Å². The zero-order valence-electron chi connectivity index (χ0n) is 10.5. The van der Waals surface area contributed by atoms with E-state index in [0.717, 1.165) is 23.7 Å². The highest BCUT2D eigenvalue weighted by Crippen LogP contribution is 2.30. The van der Waals surface area contributed by atoms with E-state index in [-0.39, 0.29) is 0 Å². The van der Waals surface area contributed by atoms with Gasteiger partial charge in [0, 0.05) is 17.1 Å². The molecular formula is C14H20N2O. The third-order valence-electron chi connectivity index (χ3n) is 3.09. The van der Waals surface area contributed by atoms with Gasteiger partial charge in [0.2, 0.25) is 0 Å². The molecule has 0 aliphatic rings. The molecule has 0 spiro atoms. The second-order valence-electron chi connectivity index (χ2n) is 4.70. The second-order valence-corrected chi connectivity index (χ2v) is 4.70. The lowest BCUT2D eigenvalue weighted by Crippen LogP contribution is -2.07. The standard InChI is InChI=1S/C14H20N2O/c1-10(2)16-11(5-4-8-15)9-12-13(16)6-3-7-14(12)17/h3,6-7,9-10,17H,4-5,8,15H2,1-2H3. The number of phenols is 1. The Morgan fingerprint density at radius 3 is 2.76 bits per heavy atom. The van der Waals surface area contributed by atoms with Crippen LogP contribution in [-0.2, 0) is 6.42 Å². The van der Waals surface area contributed by atoms with E-state index < -0.39 is 0 Å². The first-order chi connectivity index (χ1) is 8.15. The Morgan fingerprint density at radius 1 is 1.35 bits per heavy atom. The first-order valence-electron chi connectivity index (χ1n) is 6.17. The zero-order chi connectivity index (χ0) is 12.4. The minimum atomic E-state index is 0.357. The van der Waals surface area contributed by atoms with Crippen molar-refractivity contribution in [2.24, 2.45) is 5.73 Å². The normalized spacial score (nSPS) is 11.5. The molecule has 2 rings (SSSR count). The van der Waals surface area contributed by atoms with Crippen molar-refractivity contribution >= 4 is 10.9 Å². The topological polar surface area (TPSA) is 51.2 Å². The summed E-state index contributed by atoms with van der Waals surface area (Å²) < 4.78 is 2.28. The molecule has 17 heavy (non-hydrogen) atoms. The second kappa shape index (κ2) is 4.80. The first kappa shape index (κ1) is 12.0. The molecule has 1 aromatic heterocycles. The Bertz CT molecular complexity index is 514. The van der Waals surface area contributed by atoms with Gasteiger partial charge in [0.1, 0.15) is 5.75 Å². The maximum Gasteiger partial charge on any atom is 0.124 e. The quantitative estimate of drug-likeness (QED) is 0.851. The molecule has 3 N–H and O–H groups in total. The van der Waals surface area contributed by atoms with Crippen LogP contribution in [0.3, 0.4) is 0 Å². The molecule has 2 aromatic rings. The van der Waals surface area contributed by atoms with E-state index >= 15 is 0 Å². The van der Waals surface area contributed by atoms with Gasteiger partial charge in [0.05, 0.1) is 5.52 Å². The highest BCUT2D eigenvalue weighted by atomic mass is 16.3. The molecule has 92 valence electrons.